The first kappa shape index (κ1) is 13.0. The lowest BCUT2D eigenvalue weighted by molar-refractivity contribution is 0.272. The third kappa shape index (κ3) is 5.53. The standard InChI is InChI=1S/C13H27NO/c1-12(13-8-4-2-5-9-13)14-10-6-3-7-11-15/h12-15H,2-11H2,1H3/t12-/m1/s1. The Morgan fingerprint density at radius 1 is 1.13 bits per heavy atom. The molecule has 1 rings (SSSR count). The number of aliphatic hydroxyl groups is 1. The van der Waals surface area contributed by atoms with Crippen molar-refractivity contribution in [1.82, 2.24) is 5.32 Å². The normalized spacial score (nSPS) is 20.4. The highest BCUT2D eigenvalue weighted by Gasteiger charge is 2.18. The second kappa shape index (κ2) is 8.12. The van der Waals surface area contributed by atoms with Gasteiger partial charge >= 0.3 is 0 Å². The van der Waals surface area contributed by atoms with Crippen LogP contribution in [0.4, 0.5) is 0 Å². The third-order valence-electron chi connectivity index (χ3n) is 3.66. The molecule has 0 aromatic heterocycles. The molecule has 90 valence electrons. The first-order chi connectivity index (χ1) is 7.34. The lowest BCUT2D eigenvalue weighted by atomic mass is 9.84. The SMILES string of the molecule is C[C@@H](NCCCCCO)C1CCCCC1. The molecule has 2 N–H and O–H groups in total. The summed E-state index contributed by atoms with van der Waals surface area (Å²) in [5, 5.41) is 12.3. The van der Waals surface area contributed by atoms with E-state index in [2.05, 4.69) is 12.2 Å². The molecule has 1 aliphatic rings. The van der Waals surface area contributed by atoms with E-state index in [1.165, 1.54) is 38.5 Å². The Hall–Kier alpha value is -0.0800. The Labute approximate surface area is 94.5 Å². The number of rotatable bonds is 7. The number of aliphatic hydroxyl groups excluding tert-OH is 1. The van der Waals surface area contributed by atoms with Crippen molar-refractivity contribution in [1.29, 1.82) is 0 Å². The van der Waals surface area contributed by atoms with Crippen LogP contribution in [0.25, 0.3) is 0 Å². The average Bonchev–Trinajstić information content (AvgIpc) is 2.30. The molecule has 0 aliphatic heterocycles. The molecular formula is C13H27NO. The molecule has 1 saturated carbocycles. The molecule has 0 heterocycles. The van der Waals surface area contributed by atoms with Crippen LogP contribution in [0.1, 0.15) is 58.3 Å². The van der Waals surface area contributed by atoms with Crippen molar-refractivity contribution in [3.05, 3.63) is 0 Å². The second-order valence-electron chi connectivity index (χ2n) is 4.93. The van der Waals surface area contributed by atoms with Crippen LogP contribution in [0.3, 0.4) is 0 Å². The maximum atomic E-state index is 8.66. The summed E-state index contributed by atoms with van der Waals surface area (Å²) in [7, 11) is 0. The average molecular weight is 213 g/mol. The lowest BCUT2D eigenvalue weighted by Gasteiger charge is -2.28. The molecule has 0 unspecified atom stereocenters. The summed E-state index contributed by atoms with van der Waals surface area (Å²) in [5.41, 5.74) is 0. The molecular weight excluding hydrogens is 186 g/mol. The van der Waals surface area contributed by atoms with E-state index >= 15 is 0 Å². The van der Waals surface area contributed by atoms with Crippen LogP contribution in [0.15, 0.2) is 0 Å². The number of hydrogen-bond donors (Lipinski definition) is 2. The molecule has 0 saturated heterocycles. The summed E-state index contributed by atoms with van der Waals surface area (Å²) < 4.78 is 0. The maximum absolute atomic E-state index is 8.66. The van der Waals surface area contributed by atoms with E-state index in [-0.39, 0.29) is 0 Å². The van der Waals surface area contributed by atoms with Crippen LogP contribution in [-0.4, -0.2) is 24.3 Å². The van der Waals surface area contributed by atoms with E-state index in [0.717, 1.165) is 25.3 Å². The summed E-state index contributed by atoms with van der Waals surface area (Å²) in [5.74, 6) is 0.914. The maximum Gasteiger partial charge on any atom is 0.0431 e. The van der Waals surface area contributed by atoms with Gasteiger partial charge in [-0.3, -0.25) is 0 Å². The van der Waals surface area contributed by atoms with Crippen LogP contribution in [0.2, 0.25) is 0 Å². The van der Waals surface area contributed by atoms with E-state index in [1.807, 2.05) is 0 Å². The molecule has 2 heteroatoms. The minimum atomic E-state index is 0.345. The minimum Gasteiger partial charge on any atom is -0.396 e. The van der Waals surface area contributed by atoms with Gasteiger partial charge in [0.15, 0.2) is 0 Å². The van der Waals surface area contributed by atoms with Crippen LogP contribution in [0, 0.1) is 5.92 Å². The zero-order valence-electron chi connectivity index (χ0n) is 10.2. The van der Waals surface area contributed by atoms with Gasteiger partial charge in [-0.2, -0.15) is 0 Å². The fourth-order valence-corrected chi connectivity index (χ4v) is 2.54. The van der Waals surface area contributed by atoms with Crippen LogP contribution < -0.4 is 5.32 Å². The quantitative estimate of drug-likeness (QED) is 0.637. The van der Waals surface area contributed by atoms with Gasteiger partial charge in [0, 0.05) is 12.6 Å². The van der Waals surface area contributed by atoms with E-state index in [0.29, 0.717) is 12.6 Å². The van der Waals surface area contributed by atoms with E-state index < -0.39 is 0 Å². The molecule has 1 fully saturated rings. The van der Waals surface area contributed by atoms with Crippen LogP contribution >= 0.6 is 0 Å². The molecule has 15 heavy (non-hydrogen) atoms. The summed E-state index contributed by atoms with van der Waals surface area (Å²) in [6, 6.07) is 0.694. The first-order valence-electron chi connectivity index (χ1n) is 6.69. The fraction of sp³-hybridized carbons (Fsp3) is 1.00. The zero-order chi connectivity index (χ0) is 10.9. The van der Waals surface area contributed by atoms with Crippen molar-refractivity contribution in [2.45, 2.75) is 64.3 Å². The van der Waals surface area contributed by atoms with Crippen LogP contribution in [-0.2, 0) is 0 Å². The highest BCUT2D eigenvalue weighted by atomic mass is 16.2. The van der Waals surface area contributed by atoms with Gasteiger partial charge in [-0.1, -0.05) is 19.3 Å². The molecule has 0 radical (unpaired) electrons. The van der Waals surface area contributed by atoms with Crippen molar-refractivity contribution < 1.29 is 5.11 Å². The van der Waals surface area contributed by atoms with Gasteiger partial charge in [-0.05, 0) is 51.5 Å². The fourth-order valence-electron chi connectivity index (χ4n) is 2.54. The number of unbranched alkanes of at least 4 members (excludes halogenated alkanes) is 2. The van der Waals surface area contributed by atoms with Crippen molar-refractivity contribution in [2.75, 3.05) is 13.2 Å². The van der Waals surface area contributed by atoms with Gasteiger partial charge in [0.25, 0.3) is 0 Å². The predicted molar refractivity (Wildman–Crippen MR) is 65.0 cm³/mol. The molecule has 0 aromatic carbocycles. The van der Waals surface area contributed by atoms with Gasteiger partial charge in [0.1, 0.15) is 0 Å². The molecule has 0 amide bonds. The predicted octanol–water partition coefficient (Wildman–Crippen LogP) is 2.71. The Morgan fingerprint density at radius 2 is 1.87 bits per heavy atom. The van der Waals surface area contributed by atoms with Crippen LogP contribution in [0.5, 0.6) is 0 Å². The third-order valence-corrected chi connectivity index (χ3v) is 3.66. The van der Waals surface area contributed by atoms with Gasteiger partial charge in [0.2, 0.25) is 0 Å². The molecule has 0 aromatic rings. The summed E-state index contributed by atoms with van der Waals surface area (Å²) >= 11 is 0. The van der Waals surface area contributed by atoms with Gasteiger partial charge < -0.3 is 10.4 Å². The largest absolute Gasteiger partial charge is 0.396 e. The van der Waals surface area contributed by atoms with E-state index in [1.54, 1.807) is 0 Å². The van der Waals surface area contributed by atoms with E-state index in [4.69, 9.17) is 5.11 Å². The first-order valence-corrected chi connectivity index (χ1v) is 6.69. The highest BCUT2D eigenvalue weighted by molar-refractivity contribution is 4.75. The van der Waals surface area contributed by atoms with Gasteiger partial charge in [0.05, 0.1) is 0 Å². The number of hydrogen-bond acceptors (Lipinski definition) is 2. The Bertz CT molecular complexity index is 143. The Morgan fingerprint density at radius 3 is 2.53 bits per heavy atom. The monoisotopic (exact) mass is 213 g/mol. The lowest BCUT2D eigenvalue weighted by Crippen LogP contribution is -2.35. The zero-order valence-corrected chi connectivity index (χ0v) is 10.2. The van der Waals surface area contributed by atoms with E-state index in [9.17, 15) is 0 Å². The molecule has 1 aliphatic carbocycles. The molecule has 0 bridgehead atoms. The molecule has 2 nitrogen and oxygen atoms in total. The second-order valence-corrected chi connectivity index (χ2v) is 4.93. The van der Waals surface area contributed by atoms with Gasteiger partial charge in [-0.25, -0.2) is 0 Å². The smallest absolute Gasteiger partial charge is 0.0431 e. The summed E-state index contributed by atoms with van der Waals surface area (Å²) in [4.78, 5) is 0. The topological polar surface area (TPSA) is 32.3 Å². The minimum absolute atomic E-state index is 0.345. The van der Waals surface area contributed by atoms with Crippen molar-refractivity contribution in [3.8, 4) is 0 Å². The number of nitrogens with one attached hydrogen (secondary N) is 1. The Kier molecular flexibility index (Phi) is 7.03. The molecule has 1 atom stereocenters. The Balaban J connectivity index is 1.99. The van der Waals surface area contributed by atoms with Crippen molar-refractivity contribution >= 4 is 0 Å². The van der Waals surface area contributed by atoms with Crippen molar-refractivity contribution in [3.63, 3.8) is 0 Å². The summed E-state index contributed by atoms with van der Waals surface area (Å²) in [6.45, 7) is 3.80. The molecule has 0 spiro atoms. The van der Waals surface area contributed by atoms with Crippen molar-refractivity contribution in [2.24, 2.45) is 5.92 Å². The highest BCUT2D eigenvalue weighted by Crippen LogP contribution is 2.26. The summed E-state index contributed by atoms with van der Waals surface area (Å²) in [6.07, 6.45) is 10.5. The van der Waals surface area contributed by atoms with Gasteiger partial charge in [-0.15, -0.1) is 0 Å².